The van der Waals surface area contributed by atoms with E-state index in [9.17, 15) is 4.79 Å². The number of benzene rings is 2. The lowest BCUT2D eigenvalue weighted by molar-refractivity contribution is 0.0956. The van der Waals surface area contributed by atoms with Crippen molar-refractivity contribution < 1.29 is 4.79 Å². The molecule has 1 aliphatic carbocycles. The molecule has 0 unspecified atom stereocenters. The van der Waals surface area contributed by atoms with Gasteiger partial charge in [0.2, 0.25) is 0 Å². The van der Waals surface area contributed by atoms with Gasteiger partial charge >= 0.3 is 0 Å². The Morgan fingerprint density at radius 1 is 1.14 bits per heavy atom. The van der Waals surface area contributed by atoms with Crippen LogP contribution in [0.1, 0.15) is 49.4 Å². The number of carbonyl (C=O) groups excluding carboxylic acids is 1. The maximum Gasteiger partial charge on any atom is 0.272 e. The molecule has 0 spiro atoms. The van der Waals surface area contributed by atoms with Crippen LogP contribution in [0.25, 0.3) is 22.2 Å². The van der Waals surface area contributed by atoms with E-state index in [-0.39, 0.29) is 5.91 Å². The Morgan fingerprint density at radius 2 is 1.86 bits per heavy atom. The maximum absolute atomic E-state index is 13.0. The maximum atomic E-state index is 13.0. The third-order valence-corrected chi connectivity index (χ3v) is 5.93. The van der Waals surface area contributed by atoms with Crippen LogP contribution in [0.2, 0.25) is 5.02 Å². The van der Waals surface area contributed by atoms with E-state index in [1.807, 2.05) is 54.6 Å². The average molecular weight is 406 g/mol. The van der Waals surface area contributed by atoms with Gasteiger partial charge in [0.05, 0.1) is 16.8 Å². The quantitative estimate of drug-likeness (QED) is 0.522. The van der Waals surface area contributed by atoms with Crippen LogP contribution in [-0.4, -0.2) is 16.6 Å². The summed E-state index contributed by atoms with van der Waals surface area (Å²) in [5.74, 6) is 0.583. The first-order chi connectivity index (χ1) is 14.1. The summed E-state index contributed by atoms with van der Waals surface area (Å²) in [6, 6.07) is 17.0. The molecule has 148 valence electrons. The molecule has 4 rings (SSSR count). The number of hydrogen-bond donors (Lipinski definition) is 1. The van der Waals surface area contributed by atoms with E-state index in [4.69, 9.17) is 16.6 Å². The van der Waals surface area contributed by atoms with Crippen LogP contribution in [0.4, 0.5) is 0 Å². The molecule has 5 heteroatoms. The third kappa shape index (κ3) is 4.48. The van der Waals surface area contributed by atoms with Gasteiger partial charge in [0, 0.05) is 21.7 Å². The molecule has 29 heavy (non-hydrogen) atoms. The van der Waals surface area contributed by atoms with Crippen molar-refractivity contribution in [2.24, 2.45) is 11.0 Å². The number of fused-ring (bicyclic) bond motifs is 1. The van der Waals surface area contributed by atoms with Gasteiger partial charge < -0.3 is 0 Å². The molecule has 0 atom stereocenters. The molecule has 4 nitrogen and oxygen atoms in total. The molecule has 2 aromatic carbocycles. The van der Waals surface area contributed by atoms with E-state index in [0.29, 0.717) is 10.6 Å². The van der Waals surface area contributed by atoms with Crippen molar-refractivity contribution in [3.8, 4) is 11.3 Å². The number of pyridine rings is 1. The van der Waals surface area contributed by atoms with E-state index in [2.05, 4.69) is 17.5 Å². The summed E-state index contributed by atoms with van der Waals surface area (Å²) in [6.45, 7) is 2.24. The van der Waals surface area contributed by atoms with Crippen molar-refractivity contribution in [1.29, 1.82) is 0 Å². The molecular formula is C24H24ClN3O. The van der Waals surface area contributed by atoms with Gasteiger partial charge in [0.15, 0.2) is 0 Å². The second-order valence-corrected chi connectivity index (χ2v) is 7.99. The fourth-order valence-electron chi connectivity index (χ4n) is 3.85. The van der Waals surface area contributed by atoms with Crippen molar-refractivity contribution in [1.82, 2.24) is 10.4 Å². The van der Waals surface area contributed by atoms with Crippen molar-refractivity contribution in [3.63, 3.8) is 0 Å². The number of carbonyl (C=O) groups is 1. The Labute approximate surface area is 176 Å². The highest BCUT2D eigenvalue weighted by atomic mass is 35.5. The monoisotopic (exact) mass is 405 g/mol. The van der Waals surface area contributed by atoms with Crippen molar-refractivity contribution in [2.45, 2.75) is 39.0 Å². The summed E-state index contributed by atoms with van der Waals surface area (Å²) in [7, 11) is 0. The van der Waals surface area contributed by atoms with Crippen LogP contribution in [0, 0.1) is 5.92 Å². The fourth-order valence-corrected chi connectivity index (χ4v) is 3.98. The number of nitrogens with zero attached hydrogens (tertiary/aromatic N) is 2. The molecule has 0 aliphatic heterocycles. The predicted octanol–water partition coefficient (Wildman–Crippen LogP) is 6.24. The van der Waals surface area contributed by atoms with Crippen LogP contribution >= 0.6 is 11.6 Å². The fraction of sp³-hybridized carbons (Fsp3) is 0.292. The van der Waals surface area contributed by atoms with Crippen LogP contribution < -0.4 is 5.43 Å². The minimum Gasteiger partial charge on any atom is -0.267 e. The minimum absolute atomic E-state index is 0.205. The highest BCUT2D eigenvalue weighted by molar-refractivity contribution is 6.30. The molecule has 0 radical (unpaired) electrons. The lowest BCUT2D eigenvalue weighted by Crippen LogP contribution is -2.22. The zero-order valence-corrected chi connectivity index (χ0v) is 17.2. The van der Waals surface area contributed by atoms with Gasteiger partial charge in [-0.1, -0.05) is 55.3 Å². The first kappa shape index (κ1) is 19.6. The minimum atomic E-state index is -0.205. The summed E-state index contributed by atoms with van der Waals surface area (Å²) in [4.78, 5) is 17.7. The lowest BCUT2D eigenvalue weighted by Gasteiger charge is -2.21. The van der Waals surface area contributed by atoms with Gasteiger partial charge in [0.25, 0.3) is 5.91 Å². The number of hydrazone groups is 1. The first-order valence-electron chi connectivity index (χ1n) is 10.2. The zero-order valence-electron chi connectivity index (χ0n) is 16.5. The van der Waals surface area contributed by atoms with Crippen molar-refractivity contribution in [3.05, 3.63) is 65.2 Å². The first-order valence-corrected chi connectivity index (χ1v) is 10.5. The van der Waals surface area contributed by atoms with E-state index in [0.717, 1.165) is 59.5 Å². The smallest absolute Gasteiger partial charge is 0.267 e. The lowest BCUT2D eigenvalue weighted by atomic mass is 9.86. The normalized spacial score (nSPS) is 16.6. The van der Waals surface area contributed by atoms with E-state index in [1.165, 1.54) is 6.42 Å². The Balaban J connectivity index is 1.63. The highest BCUT2D eigenvalue weighted by Crippen LogP contribution is 2.27. The molecule has 1 amide bonds. The standard InChI is InChI=1S/C24H24ClN3O/c1-2-16-7-13-19(14-8-16)27-28-24(29)21-15-23(17-9-11-18(25)12-10-17)26-22-6-4-3-5-20(21)22/h3-6,9-12,15-16H,2,7-8,13-14H2,1H3,(H,28,29). The molecule has 0 saturated heterocycles. The van der Waals surface area contributed by atoms with Gasteiger partial charge in [-0.15, -0.1) is 0 Å². The summed E-state index contributed by atoms with van der Waals surface area (Å²) in [5.41, 5.74) is 6.87. The molecule has 1 fully saturated rings. The number of halogens is 1. The molecule has 1 heterocycles. The molecule has 1 aliphatic rings. The van der Waals surface area contributed by atoms with Crippen LogP contribution in [-0.2, 0) is 0 Å². The predicted molar refractivity (Wildman–Crippen MR) is 119 cm³/mol. The largest absolute Gasteiger partial charge is 0.272 e. The van der Waals surface area contributed by atoms with Gasteiger partial charge in [-0.3, -0.25) is 4.79 Å². The highest BCUT2D eigenvalue weighted by Gasteiger charge is 2.17. The van der Waals surface area contributed by atoms with Gasteiger partial charge in [-0.2, -0.15) is 5.10 Å². The Hall–Kier alpha value is -2.72. The second kappa shape index (κ2) is 8.75. The number of hydrogen-bond acceptors (Lipinski definition) is 3. The zero-order chi connectivity index (χ0) is 20.2. The van der Waals surface area contributed by atoms with Crippen molar-refractivity contribution >= 4 is 34.1 Å². The Bertz CT molecular complexity index is 1050. The van der Waals surface area contributed by atoms with E-state index < -0.39 is 0 Å². The second-order valence-electron chi connectivity index (χ2n) is 7.55. The number of para-hydroxylation sites is 1. The summed E-state index contributed by atoms with van der Waals surface area (Å²) in [6.07, 6.45) is 5.46. The summed E-state index contributed by atoms with van der Waals surface area (Å²) >= 11 is 6.01. The molecule has 1 N–H and O–H groups in total. The molecule has 1 aromatic heterocycles. The molecule has 0 bridgehead atoms. The Kier molecular flexibility index (Phi) is 5.91. The van der Waals surface area contributed by atoms with Crippen LogP contribution in [0.5, 0.6) is 0 Å². The van der Waals surface area contributed by atoms with Gasteiger partial charge in [-0.05, 0) is 55.9 Å². The molecular weight excluding hydrogens is 382 g/mol. The van der Waals surface area contributed by atoms with Crippen molar-refractivity contribution in [2.75, 3.05) is 0 Å². The van der Waals surface area contributed by atoms with E-state index in [1.54, 1.807) is 0 Å². The molecule has 3 aromatic rings. The number of rotatable bonds is 4. The average Bonchev–Trinajstić information content (AvgIpc) is 2.77. The topological polar surface area (TPSA) is 54.4 Å². The Morgan fingerprint density at radius 3 is 2.59 bits per heavy atom. The van der Waals surface area contributed by atoms with Gasteiger partial charge in [-0.25, -0.2) is 10.4 Å². The van der Waals surface area contributed by atoms with Crippen LogP contribution in [0.15, 0.2) is 59.7 Å². The third-order valence-electron chi connectivity index (χ3n) is 5.68. The summed E-state index contributed by atoms with van der Waals surface area (Å²) < 4.78 is 0. The van der Waals surface area contributed by atoms with Gasteiger partial charge in [0.1, 0.15) is 0 Å². The number of nitrogens with one attached hydrogen (secondary N) is 1. The van der Waals surface area contributed by atoms with Crippen LogP contribution in [0.3, 0.4) is 0 Å². The molecule has 1 saturated carbocycles. The van der Waals surface area contributed by atoms with E-state index >= 15 is 0 Å². The number of aromatic nitrogens is 1. The SMILES string of the molecule is CCC1CCC(=NNC(=O)c2cc(-c3ccc(Cl)cc3)nc3ccccc23)CC1. The summed E-state index contributed by atoms with van der Waals surface area (Å²) in [5, 5.41) is 5.91. The number of amides is 1.